The summed E-state index contributed by atoms with van der Waals surface area (Å²) >= 11 is 0. The molecule has 0 heterocycles. The van der Waals surface area contributed by atoms with E-state index in [1.807, 2.05) is 0 Å². The van der Waals surface area contributed by atoms with Gasteiger partial charge in [-0.2, -0.15) is 31.6 Å². The molecule has 0 N–H and O–H groups in total. The van der Waals surface area contributed by atoms with Crippen LogP contribution in [0.1, 0.15) is 16.7 Å². The molecule has 0 amide bonds. The van der Waals surface area contributed by atoms with E-state index in [1.54, 1.807) is 0 Å². The highest BCUT2D eigenvalue weighted by molar-refractivity contribution is 5.74. The van der Waals surface area contributed by atoms with Gasteiger partial charge in [-0.25, -0.2) is 0 Å². The molecule has 114 valence electrons. The zero-order valence-corrected chi connectivity index (χ0v) is 10.8. The molecule has 7 heteroatoms. The molecule has 0 aliphatic carbocycles. The lowest BCUT2D eigenvalue weighted by molar-refractivity contribution is -0.138. The summed E-state index contributed by atoms with van der Waals surface area (Å²) in [6.45, 7) is 0. The van der Waals surface area contributed by atoms with Crippen molar-refractivity contribution in [2.24, 2.45) is 0 Å². The summed E-state index contributed by atoms with van der Waals surface area (Å²) in [5.74, 6) is 0. The SMILES string of the molecule is N#Cc1cc(C(F)(F)F)ccc1-c1ccccc1C(F)(F)F. The molecule has 1 nitrogen and oxygen atoms in total. The first-order valence-corrected chi connectivity index (χ1v) is 5.92. The lowest BCUT2D eigenvalue weighted by Gasteiger charge is -2.15. The van der Waals surface area contributed by atoms with Gasteiger partial charge in [-0.05, 0) is 23.8 Å². The number of alkyl halides is 6. The summed E-state index contributed by atoms with van der Waals surface area (Å²) in [5, 5.41) is 8.97. The first-order chi connectivity index (χ1) is 10.1. The molecule has 0 spiro atoms. The number of halogens is 6. The summed E-state index contributed by atoms with van der Waals surface area (Å²) < 4.78 is 76.8. The molecule has 0 aliphatic heterocycles. The highest BCUT2D eigenvalue weighted by Gasteiger charge is 2.35. The molecule has 2 rings (SSSR count). The Morgan fingerprint density at radius 3 is 1.95 bits per heavy atom. The fraction of sp³-hybridized carbons (Fsp3) is 0.133. The van der Waals surface area contributed by atoms with E-state index >= 15 is 0 Å². The maximum Gasteiger partial charge on any atom is 0.417 e. The van der Waals surface area contributed by atoms with Crippen LogP contribution in [0.4, 0.5) is 26.3 Å². The Hall–Kier alpha value is -2.49. The quantitative estimate of drug-likeness (QED) is 0.658. The van der Waals surface area contributed by atoms with Crippen LogP contribution < -0.4 is 0 Å². The average Bonchev–Trinajstić information content (AvgIpc) is 2.44. The minimum Gasteiger partial charge on any atom is -0.192 e. The molecule has 0 aromatic heterocycles. The van der Waals surface area contributed by atoms with Crippen LogP contribution in [0.2, 0.25) is 0 Å². The van der Waals surface area contributed by atoms with Gasteiger partial charge in [0.2, 0.25) is 0 Å². The first-order valence-electron chi connectivity index (χ1n) is 5.92. The van der Waals surface area contributed by atoms with Crippen LogP contribution in [0.5, 0.6) is 0 Å². The van der Waals surface area contributed by atoms with Crippen molar-refractivity contribution in [3.8, 4) is 17.2 Å². The van der Waals surface area contributed by atoms with Crippen molar-refractivity contribution in [3.63, 3.8) is 0 Å². The van der Waals surface area contributed by atoms with Crippen LogP contribution >= 0.6 is 0 Å². The Morgan fingerprint density at radius 1 is 0.773 bits per heavy atom. The summed E-state index contributed by atoms with van der Waals surface area (Å²) in [5.41, 5.74) is -3.08. The standard InChI is InChI=1S/C15H7F6N/c16-14(17,18)10-5-6-11(9(7-10)8-22)12-3-1-2-4-13(12)15(19,20)21/h1-7H. The lowest BCUT2D eigenvalue weighted by atomic mass is 9.94. The van der Waals surface area contributed by atoms with Crippen molar-refractivity contribution < 1.29 is 26.3 Å². The van der Waals surface area contributed by atoms with Gasteiger partial charge in [0, 0.05) is 5.56 Å². The fourth-order valence-corrected chi connectivity index (χ4v) is 2.01. The molecule has 0 fully saturated rings. The number of benzene rings is 2. The highest BCUT2D eigenvalue weighted by atomic mass is 19.4. The molecule has 2 aromatic rings. The third kappa shape index (κ3) is 3.06. The summed E-state index contributed by atoms with van der Waals surface area (Å²) in [7, 11) is 0. The van der Waals surface area contributed by atoms with Gasteiger partial charge in [0.05, 0.1) is 22.8 Å². The van der Waals surface area contributed by atoms with E-state index in [1.165, 1.54) is 18.2 Å². The lowest BCUT2D eigenvalue weighted by Crippen LogP contribution is -2.08. The molecule has 0 bridgehead atoms. The van der Waals surface area contributed by atoms with E-state index in [0.29, 0.717) is 12.1 Å². The van der Waals surface area contributed by atoms with E-state index < -0.39 is 29.0 Å². The summed E-state index contributed by atoms with van der Waals surface area (Å²) in [6, 6.07) is 8.02. The summed E-state index contributed by atoms with van der Waals surface area (Å²) in [4.78, 5) is 0. The van der Waals surface area contributed by atoms with Crippen LogP contribution in [0.15, 0.2) is 42.5 Å². The summed E-state index contributed by atoms with van der Waals surface area (Å²) in [6.07, 6.45) is -9.35. The fourth-order valence-electron chi connectivity index (χ4n) is 2.01. The third-order valence-corrected chi connectivity index (χ3v) is 2.99. The molecule has 0 atom stereocenters. The minimum absolute atomic E-state index is 0.191. The smallest absolute Gasteiger partial charge is 0.192 e. The predicted octanol–water partition coefficient (Wildman–Crippen LogP) is 5.26. The Labute approximate surface area is 121 Å². The Bertz CT molecular complexity index is 737. The second-order valence-corrected chi connectivity index (χ2v) is 4.41. The maximum absolute atomic E-state index is 13.0. The van der Waals surface area contributed by atoms with E-state index in [2.05, 4.69) is 0 Å². The van der Waals surface area contributed by atoms with Crippen molar-refractivity contribution in [3.05, 3.63) is 59.2 Å². The predicted molar refractivity (Wildman–Crippen MR) is 66.6 cm³/mol. The number of hydrogen-bond donors (Lipinski definition) is 0. The number of nitriles is 1. The molecule has 0 saturated heterocycles. The van der Waals surface area contributed by atoms with Gasteiger partial charge in [-0.15, -0.1) is 0 Å². The van der Waals surface area contributed by atoms with Crippen molar-refractivity contribution in [1.82, 2.24) is 0 Å². The molecule has 22 heavy (non-hydrogen) atoms. The van der Waals surface area contributed by atoms with E-state index in [-0.39, 0.29) is 11.1 Å². The average molecular weight is 315 g/mol. The molecule has 0 unspecified atom stereocenters. The molecular weight excluding hydrogens is 308 g/mol. The second-order valence-electron chi connectivity index (χ2n) is 4.41. The van der Waals surface area contributed by atoms with Gasteiger partial charge >= 0.3 is 12.4 Å². The van der Waals surface area contributed by atoms with Gasteiger partial charge in [0.1, 0.15) is 0 Å². The van der Waals surface area contributed by atoms with Crippen LogP contribution in [0, 0.1) is 11.3 Å². The number of rotatable bonds is 1. The normalized spacial score (nSPS) is 12.0. The van der Waals surface area contributed by atoms with E-state index in [0.717, 1.165) is 18.2 Å². The Kier molecular flexibility index (Phi) is 3.88. The van der Waals surface area contributed by atoms with Gasteiger partial charge in [0.15, 0.2) is 0 Å². The van der Waals surface area contributed by atoms with E-state index in [4.69, 9.17) is 5.26 Å². The number of nitrogens with zero attached hydrogens (tertiary/aromatic N) is 1. The molecule has 0 saturated carbocycles. The van der Waals surface area contributed by atoms with Crippen molar-refractivity contribution in [2.45, 2.75) is 12.4 Å². The van der Waals surface area contributed by atoms with Crippen molar-refractivity contribution in [1.29, 1.82) is 5.26 Å². The van der Waals surface area contributed by atoms with Crippen LogP contribution in [-0.4, -0.2) is 0 Å². The molecule has 0 radical (unpaired) electrons. The van der Waals surface area contributed by atoms with Crippen LogP contribution in [0.3, 0.4) is 0 Å². The van der Waals surface area contributed by atoms with Crippen molar-refractivity contribution >= 4 is 0 Å². The monoisotopic (exact) mass is 315 g/mol. The van der Waals surface area contributed by atoms with E-state index in [9.17, 15) is 26.3 Å². The van der Waals surface area contributed by atoms with Gasteiger partial charge < -0.3 is 0 Å². The molecule has 0 aliphatic rings. The third-order valence-electron chi connectivity index (χ3n) is 2.99. The minimum atomic E-state index is -4.67. The molecular formula is C15H7F6N. The zero-order chi connectivity index (χ0) is 16.5. The Morgan fingerprint density at radius 2 is 1.41 bits per heavy atom. The van der Waals surface area contributed by atoms with Crippen molar-refractivity contribution in [2.75, 3.05) is 0 Å². The second kappa shape index (κ2) is 5.37. The maximum atomic E-state index is 13.0. The molecule has 2 aromatic carbocycles. The zero-order valence-electron chi connectivity index (χ0n) is 10.8. The van der Waals surface area contributed by atoms with Crippen LogP contribution in [-0.2, 0) is 12.4 Å². The van der Waals surface area contributed by atoms with Gasteiger partial charge in [-0.3, -0.25) is 0 Å². The van der Waals surface area contributed by atoms with Crippen LogP contribution in [0.25, 0.3) is 11.1 Å². The number of hydrogen-bond acceptors (Lipinski definition) is 1. The topological polar surface area (TPSA) is 23.8 Å². The Balaban J connectivity index is 2.68. The highest BCUT2D eigenvalue weighted by Crippen LogP contribution is 2.39. The van der Waals surface area contributed by atoms with Gasteiger partial charge in [0.25, 0.3) is 0 Å². The first kappa shape index (κ1) is 15.9. The largest absolute Gasteiger partial charge is 0.417 e. The van der Waals surface area contributed by atoms with Gasteiger partial charge in [-0.1, -0.05) is 24.3 Å².